The highest BCUT2D eigenvalue weighted by Gasteiger charge is 1.75. The molecule has 0 amide bonds. The summed E-state index contributed by atoms with van der Waals surface area (Å²) < 4.78 is 0. The van der Waals surface area contributed by atoms with E-state index in [1.807, 2.05) is 0 Å². The third-order valence-corrected chi connectivity index (χ3v) is 0.957. The molecule has 0 aromatic heterocycles. The molecule has 0 saturated carbocycles. The van der Waals surface area contributed by atoms with Gasteiger partial charge in [0, 0.05) is 0 Å². The van der Waals surface area contributed by atoms with Crippen LogP contribution in [0.2, 0.25) is 0 Å². The molecule has 0 fully saturated rings. The lowest BCUT2D eigenvalue weighted by atomic mass is 10.2. The van der Waals surface area contributed by atoms with E-state index in [-0.39, 0.29) is 0 Å². The molecule has 52 valence electrons. The Morgan fingerprint density at radius 1 is 1.00 bits per heavy atom. The maximum atomic E-state index is 4.64. The van der Waals surface area contributed by atoms with Crippen LogP contribution in [-0.2, 0) is 0 Å². The van der Waals surface area contributed by atoms with Gasteiger partial charge in [-0.25, -0.2) is 0 Å². The van der Waals surface area contributed by atoms with Crippen molar-refractivity contribution in [2.24, 2.45) is 5.40 Å². The average molecular weight is 133 g/mol. The van der Waals surface area contributed by atoms with Crippen LogP contribution in [0.5, 0.6) is 0 Å². The van der Waals surface area contributed by atoms with Crippen molar-refractivity contribution >= 4 is 10.4 Å². The van der Waals surface area contributed by atoms with E-state index in [0.717, 1.165) is 10.4 Å². The first-order valence-corrected chi connectivity index (χ1v) is 4.65. The highest BCUT2D eigenvalue weighted by atomic mass is 28.2. The number of unbranched alkanes of at least 4 members (excludes halogenated alkanes) is 3. The Hall–Kier alpha value is 0.177. The Morgan fingerprint density at radius 3 is 1.38 bits per heavy atom. The van der Waals surface area contributed by atoms with E-state index in [9.17, 15) is 0 Å². The Bertz CT molecular complexity index is 20.5. The van der Waals surface area contributed by atoms with Crippen LogP contribution in [0.15, 0.2) is 0 Å². The van der Waals surface area contributed by atoms with Gasteiger partial charge in [-0.1, -0.05) is 39.5 Å². The van der Waals surface area contributed by atoms with Crippen molar-refractivity contribution in [1.29, 1.82) is 0 Å². The lowest BCUT2D eigenvalue weighted by molar-refractivity contribution is 0.702. The van der Waals surface area contributed by atoms with Crippen LogP contribution < -0.4 is 5.40 Å². The van der Waals surface area contributed by atoms with E-state index in [2.05, 4.69) is 19.2 Å². The first-order chi connectivity index (χ1) is 3.91. The number of hydrogen-bond acceptors (Lipinski definition) is 1. The minimum atomic E-state index is 0.806. The van der Waals surface area contributed by atoms with E-state index in [1.165, 1.54) is 25.7 Å². The smallest absolute Gasteiger partial charge is 0.0716 e. The second kappa shape index (κ2) is 15.7. The normalized spacial score (nSPS) is 7.88. The second-order valence-corrected chi connectivity index (χ2v) is 1.71. The van der Waals surface area contributed by atoms with Gasteiger partial charge in [0.05, 0.1) is 10.4 Å². The Morgan fingerprint density at radius 2 is 1.25 bits per heavy atom. The molecule has 0 bridgehead atoms. The van der Waals surface area contributed by atoms with E-state index in [4.69, 9.17) is 0 Å². The second-order valence-electron chi connectivity index (χ2n) is 1.71. The maximum Gasteiger partial charge on any atom is 0.0716 e. The zero-order chi connectivity index (χ0) is 6.83. The van der Waals surface area contributed by atoms with Gasteiger partial charge in [0.15, 0.2) is 0 Å². The zero-order valence-electron chi connectivity index (χ0n) is 6.41. The van der Waals surface area contributed by atoms with Gasteiger partial charge in [0.2, 0.25) is 0 Å². The molecule has 0 saturated heterocycles. The lowest BCUT2D eigenvalue weighted by Crippen LogP contribution is -1.75. The molecule has 0 aromatic carbocycles. The average Bonchev–Trinajstić information content (AvgIpc) is 1.88. The topological polar surface area (TPSA) is 26.0 Å². The molecule has 0 rings (SSSR count). The van der Waals surface area contributed by atoms with Gasteiger partial charge in [-0.2, -0.15) is 0 Å². The monoisotopic (exact) mass is 133 g/mol. The molecular weight excluding hydrogens is 114 g/mol. The molecule has 0 aliphatic heterocycles. The van der Waals surface area contributed by atoms with Crippen LogP contribution in [0, 0.1) is 0 Å². The van der Waals surface area contributed by atoms with Crippen molar-refractivity contribution in [2.75, 3.05) is 0 Å². The Labute approximate surface area is 56.2 Å². The summed E-state index contributed by atoms with van der Waals surface area (Å²) in [5.41, 5.74) is 0. The van der Waals surface area contributed by atoms with Crippen molar-refractivity contribution < 1.29 is 0 Å². The molecule has 0 aromatic rings. The fraction of sp³-hybridized carbons (Fsp3) is 1.00. The van der Waals surface area contributed by atoms with Crippen LogP contribution in [-0.4, -0.2) is 10.4 Å². The van der Waals surface area contributed by atoms with Crippen molar-refractivity contribution in [1.82, 2.24) is 0 Å². The van der Waals surface area contributed by atoms with Crippen molar-refractivity contribution in [3.8, 4) is 0 Å². The number of rotatable bonds is 3. The number of nitrogens with two attached hydrogens (primary N) is 1. The van der Waals surface area contributed by atoms with E-state index < -0.39 is 0 Å². The molecule has 2 N–H and O–H groups in total. The van der Waals surface area contributed by atoms with Gasteiger partial charge in [-0.15, -0.1) is 0 Å². The molecule has 1 nitrogen and oxygen atoms in total. The van der Waals surface area contributed by atoms with Crippen LogP contribution in [0.1, 0.15) is 39.5 Å². The number of hydrogen-bond donors (Lipinski definition) is 1. The van der Waals surface area contributed by atoms with Crippen LogP contribution in [0.25, 0.3) is 0 Å². The Kier molecular flexibility index (Phi) is 21.7. The van der Waals surface area contributed by atoms with Gasteiger partial charge < -0.3 is 5.40 Å². The molecule has 0 unspecified atom stereocenters. The van der Waals surface area contributed by atoms with Crippen molar-refractivity contribution in [2.45, 2.75) is 39.5 Å². The highest BCUT2D eigenvalue weighted by Crippen LogP contribution is 1.95. The summed E-state index contributed by atoms with van der Waals surface area (Å²) in [6, 6.07) is 0. The molecule has 0 radical (unpaired) electrons. The first kappa shape index (κ1) is 11.0. The largest absolute Gasteiger partial charge is 0.358 e. The summed E-state index contributed by atoms with van der Waals surface area (Å²) in [6.45, 7) is 4.46. The third kappa shape index (κ3) is 16.4. The molecule has 0 spiro atoms. The van der Waals surface area contributed by atoms with E-state index in [0.29, 0.717) is 0 Å². The van der Waals surface area contributed by atoms with Crippen LogP contribution >= 0.6 is 0 Å². The van der Waals surface area contributed by atoms with Gasteiger partial charge >= 0.3 is 0 Å². The zero-order valence-corrected chi connectivity index (χ0v) is 8.41. The predicted molar refractivity (Wildman–Crippen MR) is 43.9 cm³/mol. The maximum absolute atomic E-state index is 4.64. The molecular formula is C6H19NSi. The summed E-state index contributed by atoms with van der Waals surface area (Å²) >= 11 is 0. The quantitative estimate of drug-likeness (QED) is 0.447. The molecule has 0 aliphatic carbocycles. The summed E-state index contributed by atoms with van der Waals surface area (Å²) in [5, 5.41) is 4.64. The standard InChI is InChI=1S/C6H14.H5NSi/c1-3-5-6-4-2;1-2/h3-6H2,1-2H3;1H2,2H3. The highest BCUT2D eigenvalue weighted by molar-refractivity contribution is 6.02. The molecule has 0 aliphatic rings. The summed E-state index contributed by atoms with van der Waals surface area (Å²) in [6.07, 6.45) is 5.54. The molecule has 0 heterocycles. The van der Waals surface area contributed by atoms with E-state index in [1.54, 1.807) is 0 Å². The minimum absolute atomic E-state index is 0.806. The predicted octanol–water partition coefficient (Wildman–Crippen LogP) is 0.812. The van der Waals surface area contributed by atoms with Gasteiger partial charge in [0.1, 0.15) is 0 Å². The third-order valence-electron chi connectivity index (χ3n) is 0.957. The van der Waals surface area contributed by atoms with Crippen molar-refractivity contribution in [3.05, 3.63) is 0 Å². The summed E-state index contributed by atoms with van der Waals surface area (Å²) in [7, 11) is 0.806. The van der Waals surface area contributed by atoms with Gasteiger partial charge in [-0.3, -0.25) is 0 Å². The fourth-order valence-corrected chi connectivity index (χ4v) is 0.500. The SMILES string of the molecule is CCCCCC.N[SiH3]. The fourth-order valence-electron chi connectivity index (χ4n) is 0.500. The molecule has 8 heavy (non-hydrogen) atoms. The van der Waals surface area contributed by atoms with Gasteiger partial charge in [0.25, 0.3) is 0 Å². The molecule has 2 heteroatoms. The van der Waals surface area contributed by atoms with E-state index >= 15 is 0 Å². The Balaban J connectivity index is 0. The molecule has 0 atom stereocenters. The summed E-state index contributed by atoms with van der Waals surface area (Å²) in [4.78, 5) is 0. The first-order valence-electron chi connectivity index (χ1n) is 3.49. The van der Waals surface area contributed by atoms with Crippen molar-refractivity contribution in [3.63, 3.8) is 0 Å². The van der Waals surface area contributed by atoms with Gasteiger partial charge in [-0.05, 0) is 0 Å². The minimum Gasteiger partial charge on any atom is -0.358 e. The van der Waals surface area contributed by atoms with Crippen LogP contribution in [0.3, 0.4) is 0 Å². The lowest BCUT2D eigenvalue weighted by Gasteiger charge is -1.86. The summed E-state index contributed by atoms with van der Waals surface area (Å²) in [5.74, 6) is 0. The van der Waals surface area contributed by atoms with Crippen LogP contribution in [0.4, 0.5) is 0 Å².